The van der Waals surface area contributed by atoms with Crippen LogP contribution in [-0.2, 0) is 36.0 Å². The van der Waals surface area contributed by atoms with Gasteiger partial charge in [0.05, 0.1) is 24.6 Å². The van der Waals surface area contributed by atoms with E-state index in [1.807, 2.05) is 0 Å². The Labute approximate surface area is 118 Å². The fourth-order valence-corrected chi connectivity index (χ4v) is 2.94. The van der Waals surface area contributed by atoms with Gasteiger partial charge in [0, 0.05) is 13.2 Å². The summed E-state index contributed by atoms with van der Waals surface area (Å²) in [6.45, 7) is 0.106. The number of benzene rings is 1. The number of aliphatic hydroxyl groups excluding tert-OH is 1. The molecule has 0 radical (unpaired) electrons. The van der Waals surface area contributed by atoms with Gasteiger partial charge in [0.25, 0.3) is 0 Å². The lowest BCUT2D eigenvalue weighted by atomic mass is 10.1. The summed E-state index contributed by atoms with van der Waals surface area (Å²) in [5.74, 6) is -0.112. The molecule has 0 bridgehead atoms. The van der Waals surface area contributed by atoms with Gasteiger partial charge in [-0.15, -0.1) is 0 Å². The Kier molecular flexibility index (Phi) is 4.53. The van der Waals surface area contributed by atoms with Gasteiger partial charge in [0.2, 0.25) is 10.0 Å². The summed E-state index contributed by atoms with van der Waals surface area (Å²) in [4.78, 5) is 0. The molecule has 0 unspecified atom stereocenters. The molecule has 2 N–H and O–H groups in total. The minimum absolute atomic E-state index is 0.101. The van der Waals surface area contributed by atoms with Gasteiger partial charge < -0.3 is 5.11 Å². The Hall–Kier alpha value is -1.70. The van der Waals surface area contributed by atoms with Crippen molar-refractivity contribution in [3.05, 3.63) is 53.3 Å². The number of nitrogens with one attached hydrogen (secondary N) is 1. The van der Waals surface area contributed by atoms with Gasteiger partial charge in [-0.25, -0.2) is 13.1 Å². The van der Waals surface area contributed by atoms with E-state index in [4.69, 9.17) is 5.11 Å². The van der Waals surface area contributed by atoms with Crippen LogP contribution in [0.2, 0.25) is 0 Å². The average Bonchev–Trinajstić information content (AvgIpc) is 2.82. The van der Waals surface area contributed by atoms with Crippen LogP contribution in [0, 0.1) is 0 Å². The fourth-order valence-electron chi connectivity index (χ4n) is 1.85. The molecule has 6 nitrogen and oxygen atoms in total. The maximum atomic E-state index is 12.0. The summed E-state index contributed by atoms with van der Waals surface area (Å²) in [7, 11) is -1.67. The van der Waals surface area contributed by atoms with Crippen LogP contribution >= 0.6 is 0 Å². The minimum atomic E-state index is -3.43. The third kappa shape index (κ3) is 3.89. The lowest BCUT2D eigenvalue weighted by Crippen LogP contribution is -2.25. The molecule has 0 saturated heterocycles. The first-order valence-corrected chi connectivity index (χ1v) is 7.78. The molecule has 2 aromatic rings. The second kappa shape index (κ2) is 6.17. The average molecular weight is 295 g/mol. The summed E-state index contributed by atoms with van der Waals surface area (Å²) in [6.07, 6.45) is 1.62. The molecule has 0 fully saturated rings. The largest absolute Gasteiger partial charge is 0.392 e. The summed E-state index contributed by atoms with van der Waals surface area (Å²) in [5, 5.41) is 13.0. The molecular weight excluding hydrogens is 278 g/mol. The predicted octanol–water partition coefficient (Wildman–Crippen LogP) is 0.532. The molecule has 0 aliphatic rings. The maximum absolute atomic E-state index is 12.0. The zero-order valence-electron chi connectivity index (χ0n) is 11.2. The van der Waals surface area contributed by atoms with Gasteiger partial charge in [0.1, 0.15) is 0 Å². The minimum Gasteiger partial charge on any atom is -0.392 e. The maximum Gasteiger partial charge on any atom is 0.216 e. The molecule has 1 aromatic heterocycles. The molecule has 0 saturated carbocycles. The monoisotopic (exact) mass is 295 g/mol. The Balaban J connectivity index is 2.02. The smallest absolute Gasteiger partial charge is 0.216 e. The van der Waals surface area contributed by atoms with Gasteiger partial charge in [-0.3, -0.25) is 4.68 Å². The van der Waals surface area contributed by atoms with E-state index in [2.05, 4.69) is 9.82 Å². The van der Waals surface area contributed by atoms with Crippen molar-refractivity contribution < 1.29 is 13.5 Å². The number of nitrogens with zero attached hydrogens (tertiary/aromatic N) is 2. The fraction of sp³-hybridized carbons (Fsp3) is 0.308. The van der Waals surface area contributed by atoms with Crippen molar-refractivity contribution in [1.29, 1.82) is 0 Å². The molecule has 108 valence electrons. The number of rotatable bonds is 6. The topological polar surface area (TPSA) is 84.2 Å². The second-order valence-corrected chi connectivity index (χ2v) is 6.31. The molecule has 7 heteroatoms. The quantitative estimate of drug-likeness (QED) is 0.814. The van der Waals surface area contributed by atoms with E-state index in [1.165, 1.54) is 0 Å². The van der Waals surface area contributed by atoms with Crippen LogP contribution in [0.5, 0.6) is 0 Å². The van der Waals surface area contributed by atoms with E-state index in [-0.39, 0.29) is 18.9 Å². The zero-order valence-corrected chi connectivity index (χ0v) is 12.0. The Morgan fingerprint density at radius 2 is 2.05 bits per heavy atom. The van der Waals surface area contributed by atoms with Crippen molar-refractivity contribution in [3.63, 3.8) is 0 Å². The van der Waals surface area contributed by atoms with Crippen LogP contribution in [0.3, 0.4) is 0 Å². The van der Waals surface area contributed by atoms with Gasteiger partial charge in [-0.1, -0.05) is 24.3 Å². The predicted molar refractivity (Wildman–Crippen MR) is 75.0 cm³/mol. The highest BCUT2D eigenvalue weighted by molar-refractivity contribution is 7.88. The Bertz CT molecular complexity index is 680. The number of aliphatic hydroxyl groups is 1. The molecule has 1 aromatic carbocycles. The summed E-state index contributed by atoms with van der Waals surface area (Å²) in [5.41, 5.74) is 2.14. The third-order valence-electron chi connectivity index (χ3n) is 2.93. The highest BCUT2D eigenvalue weighted by Crippen LogP contribution is 2.09. The highest BCUT2D eigenvalue weighted by atomic mass is 32.2. The number of sulfonamides is 1. The van der Waals surface area contributed by atoms with Crippen LogP contribution in [0.25, 0.3) is 0 Å². The van der Waals surface area contributed by atoms with E-state index in [0.717, 1.165) is 5.69 Å². The molecule has 0 aliphatic carbocycles. The SMILES string of the molecule is Cn1nccc1CNS(=O)(=O)Cc1cccc(CO)c1. The molecular formula is C13H17N3O3S. The van der Waals surface area contributed by atoms with Crippen LogP contribution < -0.4 is 4.72 Å². The Morgan fingerprint density at radius 1 is 1.30 bits per heavy atom. The molecule has 0 aliphatic heterocycles. The van der Waals surface area contributed by atoms with E-state index in [1.54, 1.807) is 48.3 Å². The van der Waals surface area contributed by atoms with Crippen molar-refractivity contribution in [1.82, 2.24) is 14.5 Å². The number of aromatic nitrogens is 2. The second-order valence-electron chi connectivity index (χ2n) is 4.50. The van der Waals surface area contributed by atoms with Crippen molar-refractivity contribution >= 4 is 10.0 Å². The van der Waals surface area contributed by atoms with E-state index in [0.29, 0.717) is 11.1 Å². The number of hydrogen-bond acceptors (Lipinski definition) is 4. The van der Waals surface area contributed by atoms with E-state index < -0.39 is 10.0 Å². The highest BCUT2D eigenvalue weighted by Gasteiger charge is 2.12. The van der Waals surface area contributed by atoms with E-state index in [9.17, 15) is 8.42 Å². The molecule has 20 heavy (non-hydrogen) atoms. The standard InChI is InChI=1S/C13H17N3O3S/c1-16-13(5-6-14-16)8-15-20(18,19)10-12-4-2-3-11(7-12)9-17/h2-7,15,17H,8-10H2,1H3. The van der Waals surface area contributed by atoms with Gasteiger partial charge in [-0.2, -0.15) is 5.10 Å². The van der Waals surface area contributed by atoms with E-state index >= 15 is 0 Å². The summed E-state index contributed by atoms with van der Waals surface area (Å²) in [6, 6.07) is 8.65. The molecule has 0 amide bonds. The first kappa shape index (κ1) is 14.7. The molecule has 1 heterocycles. The number of hydrogen-bond donors (Lipinski definition) is 2. The van der Waals surface area contributed by atoms with Crippen LogP contribution in [0.15, 0.2) is 36.5 Å². The van der Waals surface area contributed by atoms with Crippen LogP contribution in [0.4, 0.5) is 0 Å². The first-order chi connectivity index (χ1) is 9.50. The molecule has 0 spiro atoms. The van der Waals surface area contributed by atoms with Crippen molar-refractivity contribution in [2.75, 3.05) is 0 Å². The van der Waals surface area contributed by atoms with Crippen LogP contribution in [-0.4, -0.2) is 23.3 Å². The Morgan fingerprint density at radius 3 is 2.70 bits per heavy atom. The van der Waals surface area contributed by atoms with Gasteiger partial charge in [0.15, 0.2) is 0 Å². The molecule has 2 rings (SSSR count). The lowest BCUT2D eigenvalue weighted by Gasteiger charge is -2.08. The van der Waals surface area contributed by atoms with Crippen molar-refractivity contribution in [3.8, 4) is 0 Å². The van der Waals surface area contributed by atoms with Crippen molar-refractivity contribution in [2.45, 2.75) is 18.9 Å². The normalized spacial score (nSPS) is 11.7. The van der Waals surface area contributed by atoms with Crippen LogP contribution in [0.1, 0.15) is 16.8 Å². The third-order valence-corrected chi connectivity index (χ3v) is 4.22. The number of aryl methyl sites for hydroxylation is 1. The van der Waals surface area contributed by atoms with Crippen molar-refractivity contribution in [2.24, 2.45) is 7.05 Å². The zero-order chi connectivity index (χ0) is 14.6. The summed E-state index contributed by atoms with van der Waals surface area (Å²) >= 11 is 0. The summed E-state index contributed by atoms with van der Waals surface area (Å²) < 4.78 is 28.2. The lowest BCUT2D eigenvalue weighted by molar-refractivity contribution is 0.282. The van der Waals surface area contributed by atoms with Gasteiger partial charge in [-0.05, 0) is 17.2 Å². The first-order valence-electron chi connectivity index (χ1n) is 6.13. The molecule has 0 atom stereocenters. The van der Waals surface area contributed by atoms with Gasteiger partial charge >= 0.3 is 0 Å².